The molecule has 0 heterocycles. The van der Waals surface area contributed by atoms with Crippen molar-refractivity contribution in [2.45, 2.75) is 45.6 Å². The van der Waals surface area contributed by atoms with Crippen LogP contribution in [0.25, 0.3) is 0 Å². The van der Waals surface area contributed by atoms with Gasteiger partial charge in [0.15, 0.2) is 0 Å². The van der Waals surface area contributed by atoms with Crippen molar-refractivity contribution < 1.29 is 0 Å². The summed E-state index contributed by atoms with van der Waals surface area (Å²) in [5, 5.41) is 20.8. The van der Waals surface area contributed by atoms with Crippen LogP contribution in [-0.4, -0.2) is 12.6 Å². The van der Waals surface area contributed by atoms with Crippen molar-refractivity contribution in [3.05, 3.63) is 0 Å². The lowest BCUT2D eigenvalue weighted by molar-refractivity contribution is 0.206. The maximum Gasteiger partial charge on any atom is 0.134 e. The molecule has 1 N–H and O–H groups in total. The largest absolute Gasteiger partial charge is 0.314 e. The van der Waals surface area contributed by atoms with E-state index >= 15 is 0 Å². The smallest absolute Gasteiger partial charge is 0.134 e. The van der Waals surface area contributed by atoms with Crippen LogP contribution in [0.4, 0.5) is 0 Å². The molecule has 0 aromatic carbocycles. The summed E-state index contributed by atoms with van der Waals surface area (Å²) in [4.78, 5) is 0. The SMILES string of the molecule is CC1CCCC(NCCC(C#N)C#N)C1C. The first-order valence-electron chi connectivity index (χ1n) is 6.21. The van der Waals surface area contributed by atoms with Crippen LogP contribution >= 0.6 is 0 Å². The van der Waals surface area contributed by atoms with Gasteiger partial charge in [-0.3, -0.25) is 0 Å². The minimum absolute atomic E-state index is 0.455. The summed E-state index contributed by atoms with van der Waals surface area (Å²) in [6.07, 6.45) is 4.50. The third kappa shape index (κ3) is 3.51. The van der Waals surface area contributed by atoms with E-state index in [2.05, 4.69) is 19.2 Å². The van der Waals surface area contributed by atoms with E-state index in [-0.39, 0.29) is 0 Å². The van der Waals surface area contributed by atoms with Crippen LogP contribution in [0.3, 0.4) is 0 Å². The second-order valence-electron chi connectivity index (χ2n) is 4.93. The van der Waals surface area contributed by atoms with Crippen LogP contribution in [0.1, 0.15) is 39.5 Å². The Morgan fingerprint density at radius 3 is 2.56 bits per heavy atom. The molecule has 16 heavy (non-hydrogen) atoms. The number of nitrogens with one attached hydrogen (secondary N) is 1. The maximum absolute atomic E-state index is 8.66. The Hall–Kier alpha value is -1.06. The molecular formula is C13H21N3. The molecule has 3 atom stereocenters. The summed E-state index contributed by atoms with van der Waals surface area (Å²) in [7, 11) is 0. The number of hydrogen-bond acceptors (Lipinski definition) is 3. The van der Waals surface area contributed by atoms with Crippen molar-refractivity contribution in [1.82, 2.24) is 5.32 Å². The van der Waals surface area contributed by atoms with Crippen LogP contribution in [0.5, 0.6) is 0 Å². The molecule has 0 amide bonds. The Morgan fingerprint density at radius 1 is 1.25 bits per heavy atom. The summed E-state index contributed by atoms with van der Waals surface area (Å²) in [6, 6.07) is 4.59. The van der Waals surface area contributed by atoms with Gasteiger partial charge in [-0.25, -0.2) is 0 Å². The van der Waals surface area contributed by atoms with Crippen molar-refractivity contribution in [2.24, 2.45) is 17.8 Å². The molecule has 0 radical (unpaired) electrons. The third-order valence-corrected chi connectivity index (χ3v) is 3.86. The van der Waals surface area contributed by atoms with E-state index in [0.29, 0.717) is 18.4 Å². The van der Waals surface area contributed by atoms with Gasteiger partial charge in [-0.1, -0.05) is 26.7 Å². The van der Waals surface area contributed by atoms with Gasteiger partial charge in [0, 0.05) is 6.04 Å². The predicted octanol–water partition coefficient (Wildman–Crippen LogP) is 2.45. The zero-order valence-corrected chi connectivity index (χ0v) is 10.2. The first-order chi connectivity index (χ1) is 7.69. The van der Waals surface area contributed by atoms with E-state index in [1.54, 1.807) is 0 Å². The molecule has 1 rings (SSSR count). The first-order valence-corrected chi connectivity index (χ1v) is 6.21. The zero-order valence-electron chi connectivity index (χ0n) is 10.2. The molecule has 3 nitrogen and oxygen atoms in total. The Morgan fingerprint density at radius 2 is 1.94 bits per heavy atom. The van der Waals surface area contributed by atoms with Crippen molar-refractivity contribution in [1.29, 1.82) is 10.5 Å². The molecule has 0 bridgehead atoms. The van der Waals surface area contributed by atoms with Crippen LogP contribution in [0.2, 0.25) is 0 Å². The lowest BCUT2D eigenvalue weighted by Gasteiger charge is -2.34. The zero-order chi connectivity index (χ0) is 12.0. The number of hydrogen-bond donors (Lipinski definition) is 1. The van der Waals surface area contributed by atoms with Gasteiger partial charge in [0.05, 0.1) is 12.1 Å². The molecule has 3 heteroatoms. The van der Waals surface area contributed by atoms with E-state index < -0.39 is 5.92 Å². The molecule has 1 aliphatic rings. The van der Waals surface area contributed by atoms with E-state index in [1.165, 1.54) is 19.3 Å². The number of nitriles is 2. The van der Waals surface area contributed by atoms with Gasteiger partial charge >= 0.3 is 0 Å². The monoisotopic (exact) mass is 219 g/mol. The molecular weight excluding hydrogens is 198 g/mol. The fraction of sp³-hybridized carbons (Fsp3) is 0.846. The molecule has 0 aliphatic heterocycles. The maximum atomic E-state index is 8.66. The summed E-state index contributed by atoms with van der Waals surface area (Å²) in [6.45, 7) is 5.40. The molecule has 0 aromatic rings. The molecule has 0 aromatic heterocycles. The molecule has 88 valence electrons. The average molecular weight is 219 g/mol. The fourth-order valence-corrected chi connectivity index (χ4v) is 2.44. The minimum atomic E-state index is -0.455. The van der Waals surface area contributed by atoms with Gasteiger partial charge in [-0.05, 0) is 31.2 Å². The summed E-state index contributed by atoms with van der Waals surface area (Å²) in [5.41, 5.74) is 0. The highest BCUT2D eigenvalue weighted by Crippen LogP contribution is 2.29. The number of rotatable bonds is 4. The summed E-state index contributed by atoms with van der Waals surface area (Å²) in [5.74, 6) is 1.04. The molecule has 0 spiro atoms. The molecule has 0 saturated heterocycles. The second-order valence-corrected chi connectivity index (χ2v) is 4.93. The van der Waals surface area contributed by atoms with E-state index in [0.717, 1.165) is 12.5 Å². The lowest BCUT2D eigenvalue weighted by Crippen LogP contribution is -2.41. The van der Waals surface area contributed by atoms with Crippen LogP contribution < -0.4 is 5.32 Å². The quantitative estimate of drug-likeness (QED) is 0.790. The van der Waals surface area contributed by atoms with Crippen molar-refractivity contribution in [2.75, 3.05) is 6.54 Å². The van der Waals surface area contributed by atoms with Crippen molar-refractivity contribution in [3.8, 4) is 12.1 Å². The third-order valence-electron chi connectivity index (χ3n) is 3.86. The van der Waals surface area contributed by atoms with E-state index in [4.69, 9.17) is 10.5 Å². The van der Waals surface area contributed by atoms with Crippen molar-refractivity contribution in [3.63, 3.8) is 0 Å². The predicted molar refractivity (Wildman–Crippen MR) is 63.3 cm³/mol. The van der Waals surface area contributed by atoms with Gasteiger partial charge in [-0.2, -0.15) is 10.5 Å². The van der Waals surface area contributed by atoms with Gasteiger partial charge in [-0.15, -0.1) is 0 Å². The van der Waals surface area contributed by atoms with Crippen molar-refractivity contribution >= 4 is 0 Å². The summed E-state index contributed by atoms with van der Waals surface area (Å²) >= 11 is 0. The normalized spacial score (nSPS) is 29.7. The highest BCUT2D eigenvalue weighted by atomic mass is 14.9. The van der Waals surface area contributed by atoms with Crippen LogP contribution in [0, 0.1) is 40.4 Å². The minimum Gasteiger partial charge on any atom is -0.314 e. The Balaban J connectivity index is 2.27. The molecule has 1 aliphatic carbocycles. The fourth-order valence-electron chi connectivity index (χ4n) is 2.44. The Kier molecular flexibility index (Phi) is 5.29. The second kappa shape index (κ2) is 6.51. The highest BCUT2D eigenvalue weighted by Gasteiger charge is 2.26. The molecule has 3 unspecified atom stereocenters. The highest BCUT2D eigenvalue weighted by molar-refractivity contribution is 4.99. The Labute approximate surface area is 98.4 Å². The van der Waals surface area contributed by atoms with E-state index in [1.807, 2.05) is 12.1 Å². The van der Waals surface area contributed by atoms with Gasteiger partial charge in [0.25, 0.3) is 0 Å². The first kappa shape index (κ1) is 13.0. The number of nitrogens with zero attached hydrogens (tertiary/aromatic N) is 2. The summed E-state index contributed by atoms with van der Waals surface area (Å²) < 4.78 is 0. The van der Waals surface area contributed by atoms with E-state index in [9.17, 15) is 0 Å². The lowest BCUT2D eigenvalue weighted by atomic mass is 9.78. The van der Waals surface area contributed by atoms with Gasteiger partial charge in [0.2, 0.25) is 0 Å². The topological polar surface area (TPSA) is 59.6 Å². The van der Waals surface area contributed by atoms with Crippen LogP contribution in [-0.2, 0) is 0 Å². The molecule has 1 saturated carbocycles. The average Bonchev–Trinajstić information content (AvgIpc) is 2.30. The standard InChI is InChI=1S/C13H21N3/c1-10-4-3-5-13(11(10)2)16-7-6-12(8-14)9-15/h10-13,16H,3-7H2,1-2H3. The molecule has 1 fully saturated rings. The van der Waals surface area contributed by atoms with Crippen LogP contribution in [0.15, 0.2) is 0 Å². The van der Waals surface area contributed by atoms with Gasteiger partial charge in [0.1, 0.15) is 5.92 Å². The van der Waals surface area contributed by atoms with Gasteiger partial charge < -0.3 is 5.32 Å². The Bertz CT molecular complexity index is 273.